The van der Waals surface area contributed by atoms with Crippen molar-refractivity contribution in [3.8, 4) is 0 Å². The molecular formula is C39H65NO7. The second-order valence-corrected chi connectivity index (χ2v) is 19.1. The lowest BCUT2D eigenvalue weighted by Gasteiger charge is -2.63. The Morgan fingerprint density at radius 3 is 2.36 bits per heavy atom. The summed E-state index contributed by atoms with van der Waals surface area (Å²) in [5, 5.41) is 22.6. The molecule has 0 aromatic rings. The number of hydrogen-bond acceptors (Lipinski definition) is 8. The van der Waals surface area contributed by atoms with Crippen molar-refractivity contribution in [1.29, 1.82) is 0 Å². The van der Waals surface area contributed by atoms with Crippen LogP contribution < -0.4 is 0 Å². The van der Waals surface area contributed by atoms with Gasteiger partial charge in [0.25, 0.3) is 0 Å². The second-order valence-electron chi connectivity index (χ2n) is 19.1. The monoisotopic (exact) mass is 659 g/mol. The molecule has 8 nitrogen and oxygen atoms in total. The van der Waals surface area contributed by atoms with E-state index in [1.54, 1.807) is 13.8 Å². The Morgan fingerprint density at radius 2 is 1.70 bits per heavy atom. The summed E-state index contributed by atoms with van der Waals surface area (Å²) in [6, 6.07) is 0.523. The number of carbonyl (C=O) groups excluding carboxylic acids is 1. The van der Waals surface area contributed by atoms with Crippen LogP contribution in [0, 0.1) is 50.7 Å². The molecule has 2 N–H and O–H groups in total. The summed E-state index contributed by atoms with van der Waals surface area (Å²) in [5.41, 5.74) is -0.0215. The Morgan fingerprint density at radius 1 is 1.00 bits per heavy atom. The SMILES string of the molecule is CC(=O)OC(CCC(C)C1C(O)CC2(C)C3CCC4C(C)(C)C(OC5CN(C6COC6)CCO5)CCC45CC35CCC12C)C(C)(C)O. The van der Waals surface area contributed by atoms with Gasteiger partial charge in [-0.15, -0.1) is 0 Å². The molecule has 7 fully saturated rings. The van der Waals surface area contributed by atoms with Crippen LogP contribution in [0.2, 0.25) is 0 Å². The molecule has 7 aliphatic rings. The van der Waals surface area contributed by atoms with E-state index in [-0.39, 0.29) is 52.5 Å². The number of rotatable bonds is 9. The largest absolute Gasteiger partial charge is 0.460 e. The topological polar surface area (TPSA) is 97.7 Å². The minimum absolute atomic E-state index is 0.0650. The van der Waals surface area contributed by atoms with Gasteiger partial charge in [-0.2, -0.15) is 0 Å². The molecule has 5 aliphatic carbocycles. The zero-order valence-corrected chi connectivity index (χ0v) is 30.7. The van der Waals surface area contributed by atoms with Gasteiger partial charge < -0.3 is 29.2 Å². The molecule has 47 heavy (non-hydrogen) atoms. The number of nitrogens with zero attached hydrogens (tertiary/aromatic N) is 1. The van der Waals surface area contributed by atoms with Crippen molar-refractivity contribution in [3.05, 3.63) is 0 Å². The Labute approximate surface area is 284 Å². The Bertz CT molecular complexity index is 1200. The maximum atomic E-state index is 11.9. The van der Waals surface area contributed by atoms with Crippen LogP contribution in [0.5, 0.6) is 0 Å². The van der Waals surface area contributed by atoms with Gasteiger partial charge in [0.1, 0.15) is 6.10 Å². The number of esters is 1. The van der Waals surface area contributed by atoms with Gasteiger partial charge in [-0.05, 0) is 129 Å². The quantitative estimate of drug-likeness (QED) is 0.293. The minimum Gasteiger partial charge on any atom is -0.460 e. The molecule has 12 atom stereocenters. The fourth-order valence-corrected chi connectivity index (χ4v) is 13.7. The first-order valence-electron chi connectivity index (χ1n) is 19.1. The van der Waals surface area contributed by atoms with Crippen LogP contribution in [-0.4, -0.2) is 90.2 Å². The third kappa shape index (κ3) is 5.22. The normalized spacial score (nSPS) is 47.4. The summed E-state index contributed by atoms with van der Waals surface area (Å²) in [5.74, 6) is 1.44. The average molecular weight is 660 g/mol. The molecular weight excluding hydrogens is 594 g/mol. The van der Waals surface area contributed by atoms with Gasteiger partial charge in [0, 0.05) is 13.5 Å². The van der Waals surface area contributed by atoms with E-state index in [0.717, 1.165) is 52.2 Å². The van der Waals surface area contributed by atoms with E-state index in [1.165, 1.54) is 45.4 Å². The van der Waals surface area contributed by atoms with Crippen molar-refractivity contribution < 1.29 is 34.0 Å². The van der Waals surface area contributed by atoms with Gasteiger partial charge in [0.15, 0.2) is 6.29 Å². The third-order valence-corrected chi connectivity index (χ3v) is 16.2. The number of carbonyl (C=O) groups is 1. The van der Waals surface area contributed by atoms with Gasteiger partial charge in [-0.3, -0.25) is 9.69 Å². The Kier molecular flexibility index (Phi) is 8.58. The molecule has 2 spiro atoms. The van der Waals surface area contributed by atoms with Crippen molar-refractivity contribution in [1.82, 2.24) is 4.90 Å². The van der Waals surface area contributed by atoms with Crippen LogP contribution in [0.4, 0.5) is 0 Å². The standard InChI is InChI=1S/C39H65NO7/c1-24(9-12-31(35(5,6)43)46-25(2)41)33-27(42)19-37(8)29-11-10-28-34(3,4)30(47-32-20-40(17-18-45-32)26-21-44-22-26)13-14-38(28)23-39(29,38)16-15-36(33,37)7/h24,26-33,42-43H,9-23H2,1-8H3. The molecule has 7 rings (SSSR count). The van der Waals surface area contributed by atoms with E-state index in [2.05, 4.69) is 39.5 Å². The molecule has 2 aliphatic heterocycles. The molecule has 268 valence electrons. The number of morpholine rings is 1. The summed E-state index contributed by atoms with van der Waals surface area (Å²) in [7, 11) is 0. The maximum Gasteiger partial charge on any atom is 0.303 e. The van der Waals surface area contributed by atoms with Gasteiger partial charge in [-0.1, -0.05) is 34.6 Å². The van der Waals surface area contributed by atoms with E-state index in [4.69, 9.17) is 18.9 Å². The van der Waals surface area contributed by atoms with Crippen LogP contribution in [0.3, 0.4) is 0 Å². The molecule has 0 aromatic carbocycles. The van der Waals surface area contributed by atoms with Crippen molar-refractivity contribution in [2.75, 3.05) is 32.9 Å². The highest BCUT2D eigenvalue weighted by molar-refractivity contribution is 5.66. The van der Waals surface area contributed by atoms with Crippen molar-refractivity contribution >= 4 is 5.97 Å². The van der Waals surface area contributed by atoms with Crippen molar-refractivity contribution in [3.63, 3.8) is 0 Å². The van der Waals surface area contributed by atoms with E-state index >= 15 is 0 Å². The Balaban J connectivity index is 1.05. The minimum atomic E-state index is -1.10. The Hall–Kier alpha value is -0.770. The smallest absolute Gasteiger partial charge is 0.303 e. The van der Waals surface area contributed by atoms with Gasteiger partial charge in [0.05, 0.1) is 50.2 Å². The molecule has 2 heterocycles. The van der Waals surface area contributed by atoms with E-state index in [9.17, 15) is 15.0 Å². The molecule has 0 bridgehead atoms. The predicted molar refractivity (Wildman–Crippen MR) is 179 cm³/mol. The molecule has 0 aromatic heterocycles. The van der Waals surface area contributed by atoms with E-state index < -0.39 is 11.7 Å². The molecule has 5 saturated carbocycles. The van der Waals surface area contributed by atoms with Crippen molar-refractivity contribution in [2.24, 2.45) is 50.7 Å². The average Bonchev–Trinajstić information content (AvgIpc) is 3.56. The molecule has 0 amide bonds. The fourth-order valence-electron chi connectivity index (χ4n) is 13.7. The predicted octanol–water partition coefficient (Wildman–Crippen LogP) is 5.96. The van der Waals surface area contributed by atoms with Crippen LogP contribution in [0.25, 0.3) is 0 Å². The van der Waals surface area contributed by atoms with E-state index in [0.29, 0.717) is 35.1 Å². The van der Waals surface area contributed by atoms with Crippen molar-refractivity contribution in [2.45, 2.75) is 156 Å². The summed E-state index contributed by atoms with van der Waals surface area (Å²) in [4.78, 5) is 14.3. The zero-order valence-electron chi connectivity index (χ0n) is 30.7. The first-order valence-corrected chi connectivity index (χ1v) is 19.1. The lowest BCUT2D eigenvalue weighted by Crippen LogP contribution is -2.59. The van der Waals surface area contributed by atoms with Crippen LogP contribution in [0.1, 0.15) is 120 Å². The summed E-state index contributed by atoms with van der Waals surface area (Å²) >= 11 is 0. The summed E-state index contributed by atoms with van der Waals surface area (Å²) in [6.07, 6.45) is 10.2. The number of ether oxygens (including phenoxy) is 4. The molecule has 2 saturated heterocycles. The van der Waals surface area contributed by atoms with Gasteiger partial charge in [-0.25, -0.2) is 0 Å². The van der Waals surface area contributed by atoms with Gasteiger partial charge >= 0.3 is 5.97 Å². The number of aliphatic hydroxyl groups excluding tert-OH is 1. The maximum absolute atomic E-state index is 11.9. The van der Waals surface area contributed by atoms with E-state index in [1.807, 2.05) is 0 Å². The number of fused-ring (bicyclic) bond motifs is 2. The number of hydrogen-bond donors (Lipinski definition) is 2. The fraction of sp³-hybridized carbons (Fsp3) is 0.974. The lowest BCUT2D eigenvalue weighted by atomic mass is 9.41. The second kappa shape index (κ2) is 11.6. The first-order chi connectivity index (χ1) is 22.0. The molecule has 8 heteroatoms. The first kappa shape index (κ1) is 34.7. The highest BCUT2D eigenvalue weighted by atomic mass is 16.7. The summed E-state index contributed by atoms with van der Waals surface area (Å²) in [6.45, 7) is 21.4. The number of aliphatic hydroxyl groups is 2. The molecule has 12 unspecified atom stereocenters. The molecule has 0 radical (unpaired) electrons. The highest BCUT2D eigenvalue weighted by Gasteiger charge is 2.82. The summed E-state index contributed by atoms with van der Waals surface area (Å²) < 4.78 is 24.1. The van der Waals surface area contributed by atoms with Crippen LogP contribution in [0.15, 0.2) is 0 Å². The lowest BCUT2D eigenvalue weighted by molar-refractivity contribution is -0.255. The van der Waals surface area contributed by atoms with Crippen LogP contribution in [-0.2, 0) is 23.7 Å². The third-order valence-electron chi connectivity index (χ3n) is 16.2. The highest BCUT2D eigenvalue weighted by Crippen LogP contribution is 2.89. The van der Waals surface area contributed by atoms with Crippen LogP contribution >= 0.6 is 0 Å². The zero-order chi connectivity index (χ0) is 33.8. The van der Waals surface area contributed by atoms with Gasteiger partial charge in [0.2, 0.25) is 0 Å².